The van der Waals surface area contributed by atoms with E-state index in [-0.39, 0.29) is 5.41 Å². The summed E-state index contributed by atoms with van der Waals surface area (Å²) in [5.41, 5.74) is 10.9. The van der Waals surface area contributed by atoms with Gasteiger partial charge in [0.25, 0.3) is 0 Å². The number of aryl methyl sites for hydroxylation is 2. The van der Waals surface area contributed by atoms with E-state index >= 15 is 0 Å². The van der Waals surface area contributed by atoms with E-state index in [4.69, 9.17) is 9.72 Å². The molecule has 5 nitrogen and oxygen atoms in total. The van der Waals surface area contributed by atoms with Crippen molar-refractivity contribution in [3.05, 3.63) is 83.6 Å². The molecule has 0 unspecified atom stereocenters. The molecule has 0 N–H and O–H groups in total. The third kappa shape index (κ3) is 2.63. The van der Waals surface area contributed by atoms with E-state index in [0.717, 1.165) is 45.0 Å². The number of para-hydroxylation sites is 1. The maximum atomic E-state index is 5.79. The van der Waals surface area contributed by atoms with Crippen LogP contribution in [-0.4, -0.2) is 45.8 Å². The number of fused-ring (bicyclic) bond motifs is 8. The zero-order valence-electron chi connectivity index (χ0n) is 21.1. The molecule has 178 valence electrons. The van der Waals surface area contributed by atoms with Gasteiger partial charge in [0, 0.05) is 0 Å². The topological polar surface area (TPSA) is 35.3 Å². The molecule has 6 aromatic rings. The summed E-state index contributed by atoms with van der Waals surface area (Å²) in [4.78, 5) is 5.30. The molecule has 0 fully saturated rings. The van der Waals surface area contributed by atoms with E-state index in [9.17, 15) is 0 Å². The first-order valence-corrected chi connectivity index (χ1v) is 14.5. The van der Waals surface area contributed by atoms with Crippen molar-refractivity contribution in [2.45, 2.75) is 26.2 Å². The van der Waals surface area contributed by atoms with Gasteiger partial charge in [0.1, 0.15) is 0 Å². The number of nitrogens with zero attached hydrogens (tertiary/aromatic N) is 4. The molecule has 0 saturated heterocycles. The summed E-state index contributed by atoms with van der Waals surface area (Å²) in [5, 5.41) is 0. The van der Waals surface area contributed by atoms with Crippen LogP contribution >= 0.6 is 0 Å². The van der Waals surface area contributed by atoms with Gasteiger partial charge in [-0.2, -0.15) is 0 Å². The molecule has 6 heteroatoms. The first kappa shape index (κ1) is 22.0. The van der Waals surface area contributed by atoms with Gasteiger partial charge in [0.15, 0.2) is 0 Å². The molecule has 0 amide bonds. The Morgan fingerprint density at radius 1 is 0.944 bits per heavy atom. The van der Waals surface area contributed by atoms with Gasteiger partial charge in [-0.25, -0.2) is 0 Å². The van der Waals surface area contributed by atoms with Crippen LogP contribution in [-0.2, 0) is 12.5 Å². The predicted octanol–water partition coefficient (Wildman–Crippen LogP) is 4.14. The van der Waals surface area contributed by atoms with Crippen LogP contribution in [0.3, 0.4) is 0 Å². The second-order valence-electron chi connectivity index (χ2n) is 10.3. The molecule has 0 aliphatic heterocycles. The summed E-state index contributed by atoms with van der Waals surface area (Å²) in [6.45, 7) is 6.81. The molecule has 3 aromatic heterocycles. The molecule has 3 aromatic carbocycles. The second kappa shape index (κ2) is 7.39. The average Bonchev–Trinajstić information content (AvgIpc) is 3.47. The number of imidazole rings is 2. The molecule has 0 saturated carbocycles. The van der Waals surface area contributed by atoms with Crippen LogP contribution in [0.2, 0.25) is 0 Å². The molecular weight excluding hydrogens is 641 g/mol. The quantitative estimate of drug-likeness (QED) is 0.206. The van der Waals surface area contributed by atoms with Gasteiger partial charge in [-0.1, -0.05) is 0 Å². The van der Waals surface area contributed by atoms with E-state index in [1.807, 2.05) is 0 Å². The molecule has 0 radical (unpaired) electrons. The van der Waals surface area contributed by atoms with Crippen LogP contribution < -0.4 is 12.6 Å². The van der Waals surface area contributed by atoms with Crippen molar-refractivity contribution in [3.63, 3.8) is 0 Å². The Balaban J connectivity index is 1.75. The minimum absolute atomic E-state index is 0.0790. The molecular formula is C30H28BiN4O+. The first-order valence-electron chi connectivity index (χ1n) is 12.2. The Kier molecular flexibility index (Phi) is 4.52. The minimum atomic E-state index is -0.0790. The van der Waals surface area contributed by atoms with Crippen LogP contribution in [0.15, 0.2) is 66.9 Å². The molecule has 0 atom stereocenters. The van der Waals surface area contributed by atoms with E-state index in [2.05, 4.69) is 108 Å². The Hall–Kier alpha value is -3.24. The number of methoxy groups -OCH3 is 1. The average molecular weight is 670 g/mol. The number of hydrogen-bond donors (Lipinski definition) is 0. The summed E-state index contributed by atoms with van der Waals surface area (Å²) in [6.07, 6.45) is 2.20. The van der Waals surface area contributed by atoms with Crippen molar-refractivity contribution in [3.8, 4) is 22.7 Å². The number of aromatic nitrogens is 4. The van der Waals surface area contributed by atoms with Gasteiger partial charge in [-0.05, 0) is 0 Å². The summed E-state index contributed by atoms with van der Waals surface area (Å²) in [6, 6.07) is 21.9. The van der Waals surface area contributed by atoms with E-state index in [0.29, 0.717) is 24.7 Å². The van der Waals surface area contributed by atoms with Crippen molar-refractivity contribution in [2.24, 2.45) is 7.05 Å². The monoisotopic (exact) mass is 669 g/mol. The molecule has 1 aliphatic carbocycles. The van der Waals surface area contributed by atoms with Crippen molar-refractivity contribution >= 4 is 55.8 Å². The first-order chi connectivity index (χ1) is 17.3. The van der Waals surface area contributed by atoms with Gasteiger partial charge in [0.05, 0.1) is 0 Å². The van der Waals surface area contributed by atoms with Gasteiger partial charge in [-0.15, -0.1) is 0 Å². The molecule has 7 rings (SSSR count). The van der Waals surface area contributed by atoms with E-state index in [1.54, 1.807) is 7.11 Å². The van der Waals surface area contributed by atoms with E-state index in [1.165, 1.54) is 25.5 Å². The molecule has 36 heavy (non-hydrogen) atoms. The second-order valence-corrected chi connectivity index (χ2v) is 12.7. The summed E-state index contributed by atoms with van der Waals surface area (Å²) in [5.74, 6) is 2.96. The third-order valence-electron chi connectivity index (χ3n) is 7.99. The van der Waals surface area contributed by atoms with Crippen LogP contribution in [0.5, 0.6) is 5.75 Å². The van der Waals surface area contributed by atoms with Crippen LogP contribution in [0, 0.1) is 6.92 Å². The number of rotatable bonds is 2. The Morgan fingerprint density at radius 3 is 2.56 bits per heavy atom. The Bertz CT molecular complexity index is 1890. The molecule has 0 bridgehead atoms. The third-order valence-corrected chi connectivity index (χ3v) is 9.80. The fraction of sp³-hybridized carbons (Fsp3) is 0.200. The van der Waals surface area contributed by atoms with Crippen LogP contribution in [0.4, 0.5) is 0 Å². The Morgan fingerprint density at radius 2 is 1.75 bits per heavy atom. The van der Waals surface area contributed by atoms with Crippen molar-refractivity contribution in [1.29, 1.82) is 0 Å². The molecule has 1 aliphatic rings. The van der Waals surface area contributed by atoms with Crippen LogP contribution in [0.25, 0.3) is 44.8 Å². The zero-order chi connectivity index (χ0) is 24.9. The number of pyridine rings is 1. The van der Waals surface area contributed by atoms with Gasteiger partial charge in [0.2, 0.25) is 0 Å². The number of ether oxygens (including phenoxy) is 1. The summed E-state index contributed by atoms with van der Waals surface area (Å²) >= 11 is 0.713. The van der Waals surface area contributed by atoms with Crippen molar-refractivity contribution in [2.75, 3.05) is 7.11 Å². The molecule has 3 heterocycles. The van der Waals surface area contributed by atoms with Gasteiger partial charge < -0.3 is 0 Å². The van der Waals surface area contributed by atoms with E-state index < -0.39 is 0 Å². The number of hydrogen-bond acceptors (Lipinski definition) is 2. The predicted molar refractivity (Wildman–Crippen MR) is 148 cm³/mol. The van der Waals surface area contributed by atoms with Gasteiger partial charge >= 0.3 is 226 Å². The summed E-state index contributed by atoms with van der Waals surface area (Å²) in [7, 11) is 3.89. The number of benzene rings is 3. The normalized spacial score (nSPS) is 14.1. The summed E-state index contributed by atoms with van der Waals surface area (Å²) < 4.78 is 14.1. The fourth-order valence-electron chi connectivity index (χ4n) is 6.23. The fourth-order valence-corrected chi connectivity index (χ4v) is 7.49. The van der Waals surface area contributed by atoms with Gasteiger partial charge in [-0.3, -0.25) is 0 Å². The molecule has 0 spiro atoms. The Labute approximate surface area is 224 Å². The standard InChI is InChI=1S/C30H26N4O.Bi.2H/c1-18-25(35-5)15-14-24-27(18)34(29-31-22-12-8-9-13-23(22)33(24)29)28-26-19-10-6-7-11-20(19)30(2,3)21(26)16-17-32(28)4;;;/h6-11,13-17H,1-5H3;;;/q+1;;;. The maximum absolute atomic E-state index is 5.79. The van der Waals surface area contributed by atoms with Crippen LogP contribution in [0.1, 0.15) is 30.5 Å². The van der Waals surface area contributed by atoms with Crippen molar-refractivity contribution in [1.82, 2.24) is 14.0 Å². The SMILES string of the molecule is COc1ccc2c(c1C)n(-c1c3c(cc[n+]1C)C(C)(C)c1ccccc1-3)c1nc3[c]([BiH2])cccc3n21. The van der Waals surface area contributed by atoms with Crippen molar-refractivity contribution < 1.29 is 9.30 Å². The zero-order valence-corrected chi connectivity index (χ0v) is 25.6.